The number of carbonyl (C=O) groups is 1. The smallest absolute Gasteiger partial charge is 0.227 e. The van der Waals surface area contributed by atoms with E-state index in [0.29, 0.717) is 30.6 Å². The van der Waals surface area contributed by atoms with E-state index in [4.69, 9.17) is 4.52 Å². The predicted octanol–water partition coefficient (Wildman–Crippen LogP) is 4.20. The van der Waals surface area contributed by atoms with Crippen molar-refractivity contribution in [1.82, 2.24) is 29.8 Å². The maximum absolute atomic E-state index is 13.2. The van der Waals surface area contributed by atoms with Gasteiger partial charge in [0.1, 0.15) is 12.2 Å². The highest BCUT2D eigenvalue weighted by Gasteiger charge is 2.52. The van der Waals surface area contributed by atoms with Crippen LogP contribution in [0.4, 0.5) is 0 Å². The van der Waals surface area contributed by atoms with Gasteiger partial charge in [-0.2, -0.15) is 4.98 Å². The highest BCUT2D eigenvalue weighted by molar-refractivity contribution is 5.85. The minimum atomic E-state index is 0. The maximum atomic E-state index is 13.2. The molecule has 1 atom stereocenters. The van der Waals surface area contributed by atoms with Crippen molar-refractivity contribution in [3.63, 3.8) is 0 Å². The number of amides is 1. The Morgan fingerprint density at radius 3 is 2.70 bits per heavy atom. The standard InChI is InChI=1S/C24H28N6O2.ClH/c31-21(11-10-20-26-22(28-32-20)17-6-2-1-3-7-17)29-14-19(24(15-29)12-4-5-13-24)23-27-25-16-30(23)18-8-9-18;/h1-3,6-7,16,18-19H,4-5,8-15H2;1H. The summed E-state index contributed by atoms with van der Waals surface area (Å²) in [5.74, 6) is 2.62. The van der Waals surface area contributed by atoms with Gasteiger partial charge in [-0.05, 0) is 31.1 Å². The molecule has 9 heteroatoms. The van der Waals surface area contributed by atoms with Gasteiger partial charge in [0.2, 0.25) is 17.6 Å². The Labute approximate surface area is 199 Å². The number of likely N-dealkylation sites (tertiary alicyclic amines) is 1. The minimum Gasteiger partial charge on any atom is -0.341 e. The van der Waals surface area contributed by atoms with Crippen LogP contribution in [0.25, 0.3) is 11.4 Å². The molecule has 1 aromatic carbocycles. The molecule has 2 aromatic heterocycles. The van der Waals surface area contributed by atoms with Crippen molar-refractivity contribution >= 4 is 18.3 Å². The average molecular weight is 469 g/mol. The first-order chi connectivity index (χ1) is 15.7. The molecule has 6 rings (SSSR count). The number of hydrogen-bond donors (Lipinski definition) is 0. The quantitative estimate of drug-likeness (QED) is 0.538. The lowest BCUT2D eigenvalue weighted by molar-refractivity contribution is -0.130. The SMILES string of the molecule is Cl.O=C(CCc1nc(-c2ccccc2)no1)N1CC(c2nncn2C2CC2)C2(CCCC2)C1. The molecule has 174 valence electrons. The zero-order valence-corrected chi connectivity index (χ0v) is 19.4. The third-order valence-corrected chi connectivity index (χ3v) is 7.51. The van der Waals surface area contributed by atoms with Crippen LogP contribution in [0.3, 0.4) is 0 Å². The van der Waals surface area contributed by atoms with Gasteiger partial charge < -0.3 is 14.0 Å². The summed E-state index contributed by atoms with van der Waals surface area (Å²) in [6.45, 7) is 1.57. The summed E-state index contributed by atoms with van der Waals surface area (Å²) in [7, 11) is 0. The molecule has 0 radical (unpaired) electrons. The zero-order chi connectivity index (χ0) is 21.5. The van der Waals surface area contributed by atoms with Crippen LogP contribution in [0.2, 0.25) is 0 Å². The number of rotatable bonds is 6. The fourth-order valence-electron chi connectivity index (χ4n) is 5.67. The van der Waals surface area contributed by atoms with E-state index < -0.39 is 0 Å². The third kappa shape index (κ3) is 4.16. The lowest BCUT2D eigenvalue weighted by Gasteiger charge is -2.29. The molecule has 3 aliphatic rings. The number of halogens is 1. The van der Waals surface area contributed by atoms with Gasteiger partial charge >= 0.3 is 0 Å². The van der Waals surface area contributed by atoms with E-state index >= 15 is 0 Å². The Kier molecular flexibility index (Phi) is 5.95. The number of aryl methyl sites for hydroxylation is 1. The van der Waals surface area contributed by atoms with Gasteiger partial charge in [0.05, 0.1) is 0 Å². The van der Waals surface area contributed by atoms with Crippen LogP contribution in [-0.4, -0.2) is 48.8 Å². The van der Waals surface area contributed by atoms with Crippen LogP contribution in [-0.2, 0) is 11.2 Å². The molecule has 1 unspecified atom stereocenters. The van der Waals surface area contributed by atoms with Crippen molar-refractivity contribution in [3.8, 4) is 11.4 Å². The molecule has 3 fully saturated rings. The monoisotopic (exact) mass is 468 g/mol. The second-order valence-electron chi connectivity index (χ2n) is 9.60. The number of nitrogens with zero attached hydrogens (tertiary/aromatic N) is 6. The van der Waals surface area contributed by atoms with Crippen LogP contribution in [0.5, 0.6) is 0 Å². The molecule has 3 aromatic rings. The summed E-state index contributed by atoms with van der Waals surface area (Å²) >= 11 is 0. The van der Waals surface area contributed by atoms with Gasteiger partial charge in [0, 0.05) is 43.5 Å². The fourth-order valence-corrected chi connectivity index (χ4v) is 5.67. The largest absolute Gasteiger partial charge is 0.341 e. The molecule has 2 aliphatic carbocycles. The molecular formula is C24H29ClN6O2. The Morgan fingerprint density at radius 2 is 1.94 bits per heavy atom. The molecule has 0 bridgehead atoms. The van der Waals surface area contributed by atoms with Crippen molar-refractivity contribution < 1.29 is 9.32 Å². The number of benzene rings is 1. The van der Waals surface area contributed by atoms with Crippen LogP contribution in [0.15, 0.2) is 41.2 Å². The molecule has 33 heavy (non-hydrogen) atoms. The second kappa shape index (κ2) is 8.89. The third-order valence-electron chi connectivity index (χ3n) is 7.51. The van der Waals surface area contributed by atoms with Crippen LogP contribution in [0.1, 0.15) is 68.6 Å². The summed E-state index contributed by atoms with van der Waals surface area (Å²) in [6.07, 6.45) is 9.97. The zero-order valence-electron chi connectivity index (χ0n) is 18.6. The molecule has 2 saturated carbocycles. The minimum absolute atomic E-state index is 0. The molecule has 1 saturated heterocycles. The molecule has 0 N–H and O–H groups in total. The van der Waals surface area contributed by atoms with Crippen molar-refractivity contribution in [3.05, 3.63) is 48.4 Å². The van der Waals surface area contributed by atoms with E-state index in [1.54, 1.807) is 0 Å². The molecule has 1 spiro atoms. The molecule has 1 aliphatic heterocycles. The molecule has 1 amide bonds. The second-order valence-corrected chi connectivity index (χ2v) is 9.60. The van der Waals surface area contributed by atoms with Gasteiger partial charge in [-0.3, -0.25) is 4.79 Å². The number of carbonyl (C=O) groups excluding carboxylic acids is 1. The number of aromatic nitrogens is 5. The summed E-state index contributed by atoms with van der Waals surface area (Å²) < 4.78 is 7.68. The van der Waals surface area contributed by atoms with Crippen LogP contribution in [0, 0.1) is 5.41 Å². The molecule has 3 heterocycles. The Bertz CT molecular complexity index is 1100. The van der Waals surface area contributed by atoms with E-state index in [2.05, 4.69) is 29.8 Å². The summed E-state index contributed by atoms with van der Waals surface area (Å²) in [4.78, 5) is 19.7. The van der Waals surface area contributed by atoms with Gasteiger partial charge in [-0.25, -0.2) is 0 Å². The number of hydrogen-bond acceptors (Lipinski definition) is 6. The Balaban J connectivity index is 0.00000228. The van der Waals surface area contributed by atoms with Crippen molar-refractivity contribution in [2.75, 3.05) is 13.1 Å². The summed E-state index contributed by atoms with van der Waals surface area (Å²) in [6, 6.07) is 10.3. The van der Waals surface area contributed by atoms with E-state index in [1.165, 1.54) is 38.5 Å². The first kappa shape index (κ1) is 22.1. The van der Waals surface area contributed by atoms with E-state index in [9.17, 15) is 4.79 Å². The summed E-state index contributed by atoms with van der Waals surface area (Å²) in [5.41, 5.74) is 1.07. The highest BCUT2D eigenvalue weighted by Crippen LogP contribution is 2.54. The van der Waals surface area contributed by atoms with E-state index in [-0.39, 0.29) is 29.6 Å². The van der Waals surface area contributed by atoms with Gasteiger partial charge in [-0.1, -0.05) is 48.3 Å². The first-order valence-electron chi connectivity index (χ1n) is 11.8. The Morgan fingerprint density at radius 1 is 1.15 bits per heavy atom. The normalized spacial score (nSPS) is 21.5. The lowest BCUT2D eigenvalue weighted by atomic mass is 9.76. The van der Waals surface area contributed by atoms with Gasteiger partial charge in [0.25, 0.3) is 0 Å². The predicted molar refractivity (Wildman–Crippen MR) is 124 cm³/mol. The van der Waals surface area contributed by atoms with E-state index in [0.717, 1.165) is 24.5 Å². The topological polar surface area (TPSA) is 89.9 Å². The molecule has 8 nitrogen and oxygen atoms in total. The van der Waals surface area contributed by atoms with Crippen LogP contribution < -0.4 is 0 Å². The average Bonchev–Trinajstić information content (AvgIpc) is 3.26. The van der Waals surface area contributed by atoms with Crippen molar-refractivity contribution in [1.29, 1.82) is 0 Å². The van der Waals surface area contributed by atoms with Crippen molar-refractivity contribution in [2.24, 2.45) is 5.41 Å². The first-order valence-corrected chi connectivity index (χ1v) is 11.8. The van der Waals surface area contributed by atoms with Crippen LogP contribution >= 0.6 is 12.4 Å². The molecular weight excluding hydrogens is 440 g/mol. The van der Waals surface area contributed by atoms with Gasteiger partial charge in [-0.15, -0.1) is 22.6 Å². The maximum Gasteiger partial charge on any atom is 0.227 e. The fraction of sp³-hybridized carbons (Fsp3) is 0.542. The van der Waals surface area contributed by atoms with Crippen molar-refractivity contribution in [2.45, 2.75) is 63.3 Å². The lowest BCUT2D eigenvalue weighted by Crippen LogP contribution is -2.31. The highest BCUT2D eigenvalue weighted by atomic mass is 35.5. The van der Waals surface area contributed by atoms with Gasteiger partial charge in [0.15, 0.2) is 0 Å². The Hall–Kier alpha value is -2.74. The summed E-state index contributed by atoms with van der Waals surface area (Å²) in [5, 5.41) is 12.8. The van der Waals surface area contributed by atoms with E-state index in [1.807, 2.05) is 36.7 Å².